The van der Waals surface area contributed by atoms with Crippen LogP contribution in [0.1, 0.15) is 67.7 Å². The number of fused-ring (bicyclic) bond motifs is 1. The molecule has 4 aromatic carbocycles. The maximum Gasteiger partial charge on any atom is 0.327 e. The number of H-pyrrole nitrogens is 1. The molecule has 0 aliphatic carbocycles. The van der Waals surface area contributed by atoms with Crippen LogP contribution in [0.5, 0.6) is 0 Å². The summed E-state index contributed by atoms with van der Waals surface area (Å²) in [4.78, 5) is 132. The summed E-state index contributed by atoms with van der Waals surface area (Å²) in [6, 6.07) is 20.7. The summed E-state index contributed by atoms with van der Waals surface area (Å²) in [5, 5.41) is 43.8. The van der Waals surface area contributed by atoms with Gasteiger partial charge >= 0.3 is 5.97 Å². The number of aliphatic hydroxyl groups is 1. The number of rotatable bonds is 18. The van der Waals surface area contributed by atoms with Crippen LogP contribution >= 0.6 is 21.6 Å². The fourth-order valence-electron chi connectivity index (χ4n) is 9.48. The van der Waals surface area contributed by atoms with Crippen molar-refractivity contribution in [1.29, 1.82) is 0 Å². The van der Waals surface area contributed by atoms with Crippen molar-refractivity contribution in [1.82, 2.24) is 47.5 Å². The number of unbranched alkanes of at least 4 members (excludes halogenated alkanes) is 2. The summed E-state index contributed by atoms with van der Waals surface area (Å²) in [7, 11) is 2.03. The molecule has 5 aromatic rings. The Kier molecular flexibility index (Phi) is 26.7. The van der Waals surface area contributed by atoms with Crippen LogP contribution in [0.4, 0.5) is 0 Å². The second-order valence-corrected chi connectivity index (χ2v) is 23.4. The number of aromatic nitrogens is 1. The highest BCUT2D eigenvalue weighted by Gasteiger charge is 2.37. The summed E-state index contributed by atoms with van der Waals surface area (Å²) < 4.78 is 0. The van der Waals surface area contributed by atoms with Gasteiger partial charge in [-0.2, -0.15) is 0 Å². The van der Waals surface area contributed by atoms with Gasteiger partial charge in [-0.25, -0.2) is 4.79 Å². The number of nitrogens with one attached hydrogen (secondary N) is 9. The quantitative estimate of drug-likeness (QED) is 0.0425. The van der Waals surface area contributed by atoms with Crippen LogP contribution in [0.25, 0.3) is 10.9 Å². The van der Waals surface area contributed by atoms with Gasteiger partial charge in [0.05, 0.1) is 12.1 Å². The summed E-state index contributed by atoms with van der Waals surface area (Å²) in [5.41, 5.74) is 21.2. The lowest BCUT2D eigenvalue weighted by molar-refractivity contribution is -0.141. The molecular weight excluding hydrogens is 1130 g/mol. The Morgan fingerprint density at radius 1 is 0.494 bits per heavy atom. The van der Waals surface area contributed by atoms with Gasteiger partial charge in [-0.15, -0.1) is 0 Å². The normalized spacial score (nSPS) is 23.7. The van der Waals surface area contributed by atoms with E-state index >= 15 is 4.79 Å². The van der Waals surface area contributed by atoms with Crippen molar-refractivity contribution in [3.8, 4) is 0 Å². The van der Waals surface area contributed by atoms with Gasteiger partial charge in [0, 0.05) is 54.3 Å². The summed E-state index contributed by atoms with van der Waals surface area (Å²) in [5.74, 6) is -8.42. The lowest BCUT2D eigenvalue weighted by Crippen LogP contribution is -2.62. The Balaban J connectivity index is 1.42. The van der Waals surface area contributed by atoms with E-state index in [0.29, 0.717) is 47.9 Å². The average Bonchev–Trinajstić information content (AvgIpc) is 4.18. The largest absolute Gasteiger partial charge is 0.480 e. The second kappa shape index (κ2) is 34.2. The summed E-state index contributed by atoms with van der Waals surface area (Å²) in [6.07, 6.45) is 1.37. The number of nitrogens with two attached hydrogens (primary N) is 3. The topological polar surface area (TPSA) is 384 Å². The van der Waals surface area contributed by atoms with E-state index in [-0.39, 0.29) is 63.1 Å². The van der Waals surface area contributed by atoms with Crippen molar-refractivity contribution in [2.24, 2.45) is 17.2 Å². The third-order valence-corrected chi connectivity index (χ3v) is 16.7. The van der Waals surface area contributed by atoms with Crippen LogP contribution in [0.2, 0.25) is 0 Å². The Morgan fingerprint density at radius 2 is 0.882 bits per heavy atom. The number of hydrogen-bond acceptors (Lipinski definition) is 15. The molecule has 10 atom stereocenters. The van der Waals surface area contributed by atoms with Gasteiger partial charge in [0.1, 0.15) is 48.3 Å². The molecule has 1 aliphatic heterocycles. The zero-order valence-corrected chi connectivity index (χ0v) is 49.0. The van der Waals surface area contributed by atoms with Gasteiger partial charge in [0.2, 0.25) is 47.3 Å². The number of para-hydroxylation sites is 1. The van der Waals surface area contributed by atoms with Gasteiger partial charge in [0.25, 0.3) is 0 Å². The predicted molar refractivity (Wildman–Crippen MR) is 326 cm³/mol. The highest BCUT2D eigenvalue weighted by atomic mass is 33.1. The van der Waals surface area contributed by atoms with Crippen molar-refractivity contribution < 1.29 is 53.4 Å². The molecule has 0 saturated carbocycles. The van der Waals surface area contributed by atoms with Crippen LogP contribution in [0.3, 0.4) is 0 Å². The van der Waals surface area contributed by atoms with Crippen LogP contribution in [-0.4, -0.2) is 153 Å². The third-order valence-electron chi connectivity index (χ3n) is 14.2. The average molecular weight is 1210 g/mol. The van der Waals surface area contributed by atoms with Crippen LogP contribution in [-0.2, 0) is 68.8 Å². The molecule has 0 spiro atoms. The number of aliphatic hydroxyl groups excluding tert-OH is 1. The fourth-order valence-corrected chi connectivity index (χ4v) is 11.8. The summed E-state index contributed by atoms with van der Waals surface area (Å²) in [6.45, 7) is 1.76. The number of benzene rings is 4. The predicted octanol–water partition coefficient (Wildman–Crippen LogP) is 0.763. The number of aromatic amines is 1. The molecule has 6 rings (SSSR count). The molecule has 1 aromatic heterocycles. The third kappa shape index (κ3) is 21.0. The number of carboxylic acid groups (broad SMARTS) is 1. The minimum atomic E-state index is -1.73. The van der Waals surface area contributed by atoms with Crippen molar-refractivity contribution in [3.63, 3.8) is 0 Å². The highest BCUT2D eigenvalue weighted by molar-refractivity contribution is 8.76. The van der Waals surface area contributed by atoms with Gasteiger partial charge in [0.15, 0.2) is 0 Å². The monoisotopic (exact) mass is 1210 g/mol. The van der Waals surface area contributed by atoms with Crippen molar-refractivity contribution in [3.05, 3.63) is 144 Å². The van der Waals surface area contributed by atoms with Crippen molar-refractivity contribution in [2.45, 2.75) is 132 Å². The molecule has 0 unspecified atom stereocenters. The second-order valence-electron chi connectivity index (χ2n) is 20.9. The van der Waals surface area contributed by atoms with Crippen LogP contribution in [0, 0.1) is 0 Å². The van der Waals surface area contributed by atoms with Crippen LogP contribution < -0.4 is 59.7 Å². The molecular formula is C60H78N12O11S2. The molecule has 456 valence electrons. The van der Waals surface area contributed by atoms with E-state index in [1.165, 1.54) is 6.92 Å². The standard InChI is InChI=1S/C60H78N12O11S2/c1-36(73)51-59(81)70-48(31-39-21-9-4-10-22-39)57(79)71-50(60(82)83)35-85-84-34-42(63)52(74)65-44(25-13-15-27-61)53(75)67-46(29-37-17-5-2-6-18-37)55(77)68-47(30-38-19-7-3-8-20-38)56(78)69-49(32-40-33-64-43-24-12-11-23-41(40)43)58(80)66-45(54(76)72-51)26-14-16-28-62/h2-12,17-24,33,36,42,44-51,64,73H,13-16,25-32,34-35,61-63H2,1H3,(H,65,74)(H,66,80)(H,67,75)(H,68,77)(H,69,78)(H,70,81)(H,71,79)(H,72,76)(H,82,83)/t36-,42+,44+,45+,46+,47+,48+,49-,50+,51+/m1/s1. The summed E-state index contributed by atoms with van der Waals surface area (Å²) >= 11 is 0. The van der Waals surface area contributed by atoms with Crippen LogP contribution in [0.15, 0.2) is 121 Å². The SMILES string of the molecule is C[C@@H](O)[C@@H]1NC(=O)[C@H](CCCCN)NC(=O)[C@@H](Cc2c[nH]c3ccccc23)NC(=O)[C@H](Cc2ccccc2)NC(=O)[C@H](Cc2ccccc2)NC(=O)[C@H](CCCCN)NC(=O)[C@@H](N)CSSC[C@@H](C(=O)O)NC(=O)[C@H](Cc2ccccc2)NC1=O. The first kappa shape index (κ1) is 66.3. The van der Waals surface area contributed by atoms with E-state index in [2.05, 4.69) is 47.5 Å². The lowest BCUT2D eigenvalue weighted by Gasteiger charge is -2.29. The van der Waals surface area contributed by atoms with Gasteiger partial charge in [-0.1, -0.05) is 131 Å². The lowest BCUT2D eigenvalue weighted by atomic mass is 10.00. The molecule has 0 radical (unpaired) electrons. The minimum Gasteiger partial charge on any atom is -0.480 e. The molecule has 25 heteroatoms. The Morgan fingerprint density at radius 3 is 1.35 bits per heavy atom. The van der Waals surface area contributed by atoms with E-state index in [9.17, 15) is 48.6 Å². The van der Waals surface area contributed by atoms with Gasteiger partial charge in [-0.05, 0) is 86.9 Å². The molecule has 8 amide bonds. The first-order chi connectivity index (χ1) is 40.9. The number of carbonyl (C=O) groups is 9. The van der Waals surface area contributed by atoms with E-state index < -0.39 is 114 Å². The number of amides is 8. The van der Waals surface area contributed by atoms with Crippen molar-refractivity contribution >= 4 is 85.7 Å². The van der Waals surface area contributed by atoms with E-state index in [1.807, 2.05) is 24.3 Å². The number of carbonyl (C=O) groups excluding carboxylic acids is 8. The highest BCUT2D eigenvalue weighted by Crippen LogP contribution is 2.24. The minimum absolute atomic E-state index is 0.0205. The first-order valence-corrected chi connectivity index (χ1v) is 30.8. The van der Waals surface area contributed by atoms with E-state index in [4.69, 9.17) is 17.2 Å². The molecule has 1 saturated heterocycles. The van der Waals surface area contributed by atoms with Crippen molar-refractivity contribution in [2.75, 3.05) is 24.6 Å². The number of carboxylic acids is 1. The van der Waals surface area contributed by atoms with Gasteiger partial charge < -0.3 is 74.9 Å². The molecule has 23 nitrogen and oxygen atoms in total. The maximum absolute atomic E-state index is 15.1. The molecule has 0 bridgehead atoms. The zero-order chi connectivity index (χ0) is 61.3. The Labute approximate surface area is 501 Å². The number of hydrogen-bond donors (Lipinski definition) is 14. The Bertz CT molecular complexity index is 3010. The number of aliphatic carboxylic acids is 1. The first-order valence-electron chi connectivity index (χ1n) is 28.3. The van der Waals surface area contributed by atoms with E-state index in [0.717, 1.165) is 32.5 Å². The molecule has 2 heterocycles. The zero-order valence-electron chi connectivity index (χ0n) is 47.3. The fraction of sp³-hybridized carbons (Fsp3) is 0.417. The Hall–Kier alpha value is -7.81. The molecule has 1 fully saturated rings. The molecule has 85 heavy (non-hydrogen) atoms. The molecule has 17 N–H and O–H groups in total. The van der Waals surface area contributed by atoms with E-state index in [1.54, 1.807) is 97.2 Å². The molecule has 1 aliphatic rings. The smallest absolute Gasteiger partial charge is 0.327 e. The van der Waals surface area contributed by atoms with Gasteiger partial charge in [-0.3, -0.25) is 38.4 Å². The maximum atomic E-state index is 15.1.